The first-order valence-corrected chi connectivity index (χ1v) is 13.9. The molecule has 0 saturated heterocycles. The van der Waals surface area contributed by atoms with Gasteiger partial charge in [-0.05, 0) is 98.4 Å². The maximum atomic E-state index is 13.1. The molecule has 0 spiro atoms. The first-order chi connectivity index (χ1) is 19.1. The summed E-state index contributed by atoms with van der Waals surface area (Å²) >= 11 is 0. The second kappa shape index (κ2) is 11.7. The average Bonchev–Trinajstić information content (AvgIpc) is 3.19. The van der Waals surface area contributed by atoms with E-state index in [-0.39, 0.29) is 18.1 Å². The number of fused-ring (bicyclic) bond motifs is 5. The van der Waals surface area contributed by atoms with Crippen molar-refractivity contribution in [2.75, 3.05) is 33.4 Å². The van der Waals surface area contributed by atoms with Crippen LogP contribution in [0, 0.1) is 17.3 Å². The van der Waals surface area contributed by atoms with Crippen LogP contribution in [-0.2, 0) is 15.9 Å². The quantitative estimate of drug-likeness (QED) is 0.224. The van der Waals surface area contributed by atoms with Gasteiger partial charge in [0, 0.05) is 13.2 Å². The highest BCUT2D eigenvalue weighted by Crippen LogP contribution is 2.62. The number of benzene rings is 1. The van der Waals surface area contributed by atoms with Gasteiger partial charge >= 0.3 is 24.1 Å². The summed E-state index contributed by atoms with van der Waals surface area (Å²) in [6, 6.07) is 6.26. The van der Waals surface area contributed by atoms with Crippen LogP contribution < -0.4 is 10.1 Å². The highest BCUT2D eigenvalue weighted by Gasteiger charge is 2.85. The van der Waals surface area contributed by atoms with E-state index in [1.54, 1.807) is 0 Å². The Bertz CT molecular complexity index is 1010. The van der Waals surface area contributed by atoms with Gasteiger partial charge in [-0.1, -0.05) is 13.0 Å². The third-order valence-electron chi connectivity index (χ3n) is 9.36. The number of aryl methyl sites for hydroxylation is 1. The van der Waals surface area contributed by atoms with Gasteiger partial charge in [0.2, 0.25) is 0 Å². The number of likely N-dealkylation sites (N-methyl/N-ethyl adjacent to an activating group) is 1. The second-order valence-corrected chi connectivity index (χ2v) is 11.6. The zero-order valence-corrected chi connectivity index (χ0v) is 22.9. The van der Waals surface area contributed by atoms with Gasteiger partial charge in [0.05, 0.1) is 12.7 Å². The van der Waals surface area contributed by atoms with Crippen molar-refractivity contribution in [1.82, 2.24) is 5.32 Å². The van der Waals surface area contributed by atoms with Crippen molar-refractivity contribution in [3.8, 4) is 5.75 Å². The summed E-state index contributed by atoms with van der Waals surface area (Å²) in [6.07, 6.45) is -15.8. The fourth-order valence-electron chi connectivity index (χ4n) is 7.38. The Morgan fingerprint density at radius 1 is 0.878 bits per heavy atom. The molecule has 0 bridgehead atoms. The van der Waals surface area contributed by atoms with Crippen LogP contribution in [0.4, 0.5) is 39.5 Å². The number of alkyl halides is 9. The van der Waals surface area contributed by atoms with Crippen LogP contribution in [0.1, 0.15) is 62.5 Å². The van der Waals surface area contributed by atoms with E-state index >= 15 is 0 Å². The van der Waals surface area contributed by atoms with Crippen LogP contribution >= 0.6 is 0 Å². The molecule has 0 aromatic heterocycles. The van der Waals surface area contributed by atoms with Gasteiger partial charge in [-0.25, -0.2) is 0 Å². The van der Waals surface area contributed by atoms with Crippen molar-refractivity contribution in [3.05, 3.63) is 29.3 Å². The number of hydrogen-bond donors (Lipinski definition) is 1. The van der Waals surface area contributed by atoms with E-state index in [1.807, 2.05) is 13.1 Å². The summed E-state index contributed by atoms with van der Waals surface area (Å²) in [5, 5.41) is 3.04. The summed E-state index contributed by atoms with van der Waals surface area (Å²) in [4.78, 5) is 0. The van der Waals surface area contributed by atoms with Gasteiger partial charge in [-0.3, -0.25) is 0 Å². The Hall–Kier alpha value is -1.73. The van der Waals surface area contributed by atoms with Crippen LogP contribution in [0.25, 0.3) is 0 Å². The molecule has 2 saturated carbocycles. The third-order valence-corrected chi connectivity index (χ3v) is 9.36. The monoisotopic (exact) mass is 605 g/mol. The normalized spacial score (nSPS) is 28.7. The maximum absolute atomic E-state index is 13.1. The molecule has 3 aliphatic carbocycles. The molecule has 0 aliphatic heterocycles. The summed E-state index contributed by atoms with van der Waals surface area (Å²) in [5.74, 6) is 1.97. The van der Waals surface area contributed by atoms with Crippen molar-refractivity contribution in [2.45, 2.75) is 88.0 Å². The molecular formula is C28H36F9NO3. The Morgan fingerprint density at radius 3 is 2.20 bits per heavy atom. The predicted octanol–water partition coefficient (Wildman–Crippen LogP) is 7.36. The van der Waals surface area contributed by atoms with E-state index in [1.165, 1.54) is 11.1 Å². The largest absolute Gasteiger partial charge is 0.492 e. The van der Waals surface area contributed by atoms with Crippen molar-refractivity contribution < 1.29 is 53.7 Å². The zero-order chi connectivity index (χ0) is 30.3. The highest BCUT2D eigenvalue weighted by atomic mass is 19.4. The smallest absolute Gasteiger partial charge is 0.435 e. The molecule has 2 fully saturated rings. The lowest BCUT2D eigenvalue weighted by Gasteiger charge is -2.50. The van der Waals surface area contributed by atoms with E-state index < -0.39 is 37.2 Å². The first kappa shape index (κ1) is 32.2. The number of halogens is 9. The lowest BCUT2D eigenvalue weighted by Crippen LogP contribution is -2.67. The summed E-state index contributed by atoms with van der Waals surface area (Å²) in [5.41, 5.74) is -3.86. The van der Waals surface area contributed by atoms with E-state index in [0.29, 0.717) is 30.8 Å². The number of rotatable bonds is 10. The van der Waals surface area contributed by atoms with Crippen molar-refractivity contribution in [3.63, 3.8) is 0 Å². The number of ether oxygens (including phenoxy) is 3. The molecular weight excluding hydrogens is 569 g/mol. The van der Waals surface area contributed by atoms with Crippen LogP contribution in [0.15, 0.2) is 18.2 Å². The predicted molar refractivity (Wildman–Crippen MR) is 132 cm³/mol. The Morgan fingerprint density at radius 2 is 1.56 bits per heavy atom. The standard InChI is InChI=1S/C28H36F9NO3/c1-24-11-10-20-19-7-5-18(39-15-12-38-2)16-17(19)4-6-21(20)22(24)8-9-23(24)40-13-3-14-41-25(26(29,30)31,27(32,33)34)28(35,36)37/h5,7,16,20-23,38H,3-4,6,8-15H2,1-2H3/t20-,21-,22+,23+,24+/m1/s1. The van der Waals surface area contributed by atoms with Crippen LogP contribution in [-0.4, -0.2) is 63.6 Å². The summed E-state index contributed by atoms with van der Waals surface area (Å²) in [7, 11) is 1.86. The summed E-state index contributed by atoms with van der Waals surface area (Å²) < 4.78 is 133. The molecule has 0 amide bonds. The molecule has 0 heterocycles. The zero-order valence-electron chi connectivity index (χ0n) is 22.9. The van der Waals surface area contributed by atoms with Gasteiger partial charge in [0.1, 0.15) is 12.4 Å². The Kier molecular flexibility index (Phi) is 9.22. The minimum Gasteiger partial charge on any atom is -0.492 e. The Labute approximate surface area is 233 Å². The SMILES string of the molecule is CNCCOc1ccc2c(c1)CC[C@@H]1[C@@H]2CC[C@]2(C)[C@@H](OCCCOC(C(F)(F)F)(C(F)(F)F)C(F)(F)F)CC[C@@H]12. The molecule has 41 heavy (non-hydrogen) atoms. The Balaban J connectivity index is 1.35. The average molecular weight is 606 g/mol. The molecule has 4 nitrogen and oxygen atoms in total. The molecule has 5 atom stereocenters. The van der Waals surface area contributed by atoms with Crippen LogP contribution in [0.2, 0.25) is 0 Å². The third kappa shape index (κ3) is 5.91. The molecule has 0 unspecified atom stereocenters. The van der Waals surface area contributed by atoms with E-state index in [2.05, 4.69) is 29.1 Å². The van der Waals surface area contributed by atoms with Gasteiger partial charge in [0.15, 0.2) is 0 Å². The molecule has 0 radical (unpaired) electrons. The lowest BCUT2D eigenvalue weighted by molar-refractivity contribution is -0.457. The molecule has 1 aromatic rings. The molecule has 1 aromatic carbocycles. The van der Waals surface area contributed by atoms with Crippen molar-refractivity contribution in [2.24, 2.45) is 17.3 Å². The number of hydrogen-bond acceptors (Lipinski definition) is 4. The first-order valence-electron chi connectivity index (χ1n) is 13.9. The molecule has 3 aliphatic rings. The fraction of sp³-hybridized carbons (Fsp3) is 0.786. The second-order valence-electron chi connectivity index (χ2n) is 11.6. The minimum atomic E-state index is -6.73. The maximum Gasteiger partial charge on any atom is 0.435 e. The molecule has 13 heteroatoms. The molecule has 4 rings (SSSR count). The van der Waals surface area contributed by atoms with Gasteiger partial charge in [0.25, 0.3) is 0 Å². The topological polar surface area (TPSA) is 39.7 Å². The van der Waals surface area contributed by atoms with Crippen molar-refractivity contribution in [1.29, 1.82) is 0 Å². The summed E-state index contributed by atoms with van der Waals surface area (Å²) in [6.45, 7) is 1.71. The van der Waals surface area contributed by atoms with E-state index in [4.69, 9.17) is 9.47 Å². The molecule has 234 valence electrons. The van der Waals surface area contributed by atoms with Gasteiger partial charge in [-0.15, -0.1) is 0 Å². The van der Waals surface area contributed by atoms with E-state index in [9.17, 15) is 39.5 Å². The highest BCUT2D eigenvalue weighted by molar-refractivity contribution is 5.40. The minimum absolute atomic E-state index is 0.233. The van der Waals surface area contributed by atoms with Gasteiger partial charge in [-0.2, -0.15) is 39.5 Å². The lowest BCUT2D eigenvalue weighted by atomic mass is 9.55. The van der Waals surface area contributed by atoms with Crippen LogP contribution in [0.5, 0.6) is 5.75 Å². The molecule has 1 N–H and O–H groups in total. The van der Waals surface area contributed by atoms with Crippen LogP contribution in [0.3, 0.4) is 0 Å². The fourth-order valence-corrected chi connectivity index (χ4v) is 7.38. The van der Waals surface area contributed by atoms with E-state index in [0.717, 1.165) is 44.4 Å². The van der Waals surface area contributed by atoms with Gasteiger partial charge < -0.3 is 19.5 Å². The van der Waals surface area contributed by atoms with Crippen molar-refractivity contribution >= 4 is 0 Å². The number of nitrogens with one attached hydrogen (secondary N) is 1.